The number of hydrogen-bond donors (Lipinski definition) is 3. The largest absolute Gasteiger partial charge is 0.453 e. The number of rotatable bonds is 6. The number of nitrogens with zero attached hydrogens (tertiary/aromatic N) is 2. The summed E-state index contributed by atoms with van der Waals surface area (Å²) in [5.41, 5.74) is 0.741. The number of ketones is 2. The molecule has 0 saturated carbocycles. The monoisotopic (exact) mass is 423 g/mol. The predicted molar refractivity (Wildman–Crippen MR) is 104 cm³/mol. The number of cyclic esters (lactones) is 1. The van der Waals surface area contributed by atoms with E-state index in [0.29, 0.717) is 5.56 Å². The van der Waals surface area contributed by atoms with Gasteiger partial charge in [0.15, 0.2) is 5.78 Å². The van der Waals surface area contributed by atoms with Gasteiger partial charge in [-0.25, -0.2) is 4.79 Å². The van der Waals surface area contributed by atoms with E-state index in [1.807, 2.05) is 0 Å². The summed E-state index contributed by atoms with van der Waals surface area (Å²) >= 11 is 4.80. The van der Waals surface area contributed by atoms with Gasteiger partial charge >= 0.3 is 5.97 Å². The van der Waals surface area contributed by atoms with Crippen molar-refractivity contribution in [3.05, 3.63) is 70.3 Å². The number of esters is 1. The molecular weight excluding hydrogens is 410 g/mol. The highest BCUT2D eigenvalue weighted by Gasteiger charge is 2.46. The number of fused-ring (bicyclic) bond motifs is 1. The van der Waals surface area contributed by atoms with E-state index in [1.165, 1.54) is 30.6 Å². The minimum absolute atomic E-state index is 0.0702. The van der Waals surface area contributed by atoms with Crippen LogP contribution in [0.2, 0.25) is 0 Å². The quantitative estimate of drug-likeness (QED) is 0.179. The number of aromatic nitrogens is 4. The Morgan fingerprint density at radius 3 is 2.53 bits per heavy atom. The van der Waals surface area contributed by atoms with E-state index < -0.39 is 35.5 Å². The number of amides is 1. The highest BCUT2D eigenvalue weighted by Crippen LogP contribution is 2.38. The molecule has 3 N–H and O–H groups in total. The number of benzene rings is 1. The van der Waals surface area contributed by atoms with E-state index >= 15 is 0 Å². The molecule has 0 saturated heterocycles. The lowest BCUT2D eigenvalue weighted by molar-refractivity contribution is -0.138. The molecule has 3 aromatic rings. The number of anilines is 1. The maximum atomic E-state index is 13.2. The first-order chi connectivity index (χ1) is 14.5. The first-order valence-electron chi connectivity index (χ1n) is 8.69. The first kappa shape index (κ1) is 19.3. The summed E-state index contributed by atoms with van der Waals surface area (Å²) in [4.78, 5) is 58.7. The van der Waals surface area contributed by atoms with Gasteiger partial charge in [-0.15, -0.1) is 0 Å². The van der Waals surface area contributed by atoms with Crippen molar-refractivity contribution < 1.29 is 23.9 Å². The van der Waals surface area contributed by atoms with Crippen molar-refractivity contribution in [1.29, 1.82) is 0 Å². The second-order valence-electron chi connectivity index (χ2n) is 6.32. The maximum absolute atomic E-state index is 13.2. The molecule has 1 aliphatic heterocycles. The Hall–Kier alpha value is -3.99. The zero-order chi connectivity index (χ0) is 21.3. The molecule has 1 amide bonds. The van der Waals surface area contributed by atoms with Crippen molar-refractivity contribution in [3.8, 4) is 0 Å². The van der Waals surface area contributed by atoms with Gasteiger partial charge in [-0.1, -0.05) is 18.2 Å². The van der Waals surface area contributed by atoms with Crippen molar-refractivity contribution >= 4 is 41.6 Å². The molecule has 2 aromatic heterocycles. The Morgan fingerprint density at radius 2 is 1.83 bits per heavy atom. The zero-order valence-electron chi connectivity index (χ0n) is 15.1. The molecular formula is C19H13N5O5S. The normalized spacial score (nSPS) is 15.7. The van der Waals surface area contributed by atoms with Gasteiger partial charge in [-0.3, -0.25) is 34.9 Å². The van der Waals surface area contributed by atoms with Gasteiger partial charge in [0.1, 0.15) is 12.0 Å². The second kappa shape index (κ2) is 7.79. The Balaban J connectivity index is 1.72. The fourth-order valence-corrected chi connectivity index (χ4v) is 3.29. The van der Waals surface area contributed by atoms with Crippen LogP contribution in [0.25, 0.3) is 0 Å². The van der Waals surface area contributed by atoms with E-state index in [2.05, 4.69) is 25.5 Å². The van der Waals surface area contributed by atoms with E-state index in [1.54, 1.807) is 18.2 Å². The summed E-state index contributed by atoms with van der Waals surface area (Å²) in [5.74, 6) is -5.23. The molecule has 0 unspecified atom stereocenters. The molecule has 0 aliphatic carbocycles. The van der Waals surface area contributed by atoms with Crippen LogP contribution in [0.1, 0.15) is 32.4 Å². The Morgan fingerprint density at radius 1 is 1.10 bits per heavy atom. The van der Waals surface area contributed by atoms with Gasteiger partial charge in [0.05, 0.1) is 5.56 Å². The number of nitrogens with one attached hydrogen (secondary N) is 3. The van der Waals surface area contributed by atoms with Crippen LogP contribution in [0, 0.1) is 10.7 Å². The molecule has 0 bridgehead atoms. The number of H-pyrrole nitrogens is 2. The van der Waals surface area contributed by atoms with Gasteiger partial charge in [0.25, 0.3) is 5.91 Å². The Labute approximate surface area is 173 Å². The lowest BCUT2D eigenvalue weighted by Gasteiger charge is -2.20. The summed E-state index contributed by atoms with van der Waals surface area (Å²) < 4.78 is 5.41. The minimum Gasteiger partial charge on any atom is -0.453 e. The van der Waals surface area contributed by atoms with Crippen molar-refractivity contribution in [2.45, 2.75) is 6.10 Å². The number of aromatic amines is 2. The van der Waals surface area contributed by atoms with Gasteiger partial charge < -0.3 is 4.74 Å². The minimum atomic E-state index is -1.60. The Kier molecular flexibility index (Phi) is 5.02. The summed E-state index contributed by atoms with van der Waals surface area (Å²) in [6.07, 6.45) is 1.52. The molecule has 10 nitrogen and oxygen atoms in total. The lowest BCUT2D eigenvalue weighted by atomic mass is 9.85. The van der Waals surface area contributed by atoms with E-state index in [-0.39, 0.29) is 21.8 Å². The smallest absolute Gasteiger partial charge is 0.339 e. The number of Topliss-reactive ketones (excluding diaryl/α,β-unsaturated/α-hetero) is 2. The average molecular weight is 423 g/mol. The number of carbonyl (C=O) groups excluding carboxylic acids is 4. The maximum Gasteiger partial charge on any atom is 0.339 e. The summed E-state index contributed by atoms with van der Waals surface area (Å²) in [6, 6.07) is 9.21. The van der Waals surface area contributed by atoms with Crippen LogP contribution in [0.15, 0.2) is 48.8 Å². The van der Waals surface area contributed by atoms with Crippen LogP contribution in [0.4, 0.5) is 5.95 Å². The molecule has 3 heterocycles. The van der Waals surface area contributed by atoms with Crippen LogP contribution in [-0.2, 0) is 14.3 Å². The van der Waals surface area contributed by atoms with Gasteiger partial charge in [-0.05, 0) is 30.4 Å². The van der Waals surface area contributed by atoms with Gasteiger partial charge in [-0.2, -0.15) is 4.98 Å². The first-order valence-corrected chi connectivity index (χ1v) is 9.10. The molecule has 0 spiro atoms. The number of carbonyl (C=O) groups is 4. The predicted octanol–water partition coefficient (Wildman–Crippen LogP) is 1.78. The fourth-order valence-electron chi connectivity index (χ4n) is 3.15. The fraction of sp³-hybridized carbons (Fsp3) is 0.105. The Bertz CT molecular complexity index is 1220. The third-order valence-corrected chi connectivity index (χ3v) is 4.70. The summed E-state index contributed by atoms with van der Waals surface area (Å²) in [6.45, 7) is 0. The van der Waals surface area contributed by atoms with Gasteiger partial charge in [0, 0.05) is 23.5 Å². The summed E-state index contributed by atoms with van der Waals surface area (Å²) in [7, 11) is 0. The molecule has 1 aliphatic rings. The molecule has 150 valence electrons. The van der Waals surface area contributed by atoms with Crippen molar-refractivity contribution in [2.75, 3.05) is 5.32 Å². The number of ether oxygens (including phenoxy) is 1. The molecule has 2 atom stereocenters. The third kappa shape index (κ3) is 3.53. The standard InChI is InChI=1S/C19H13N5O5S/c25-13(9-5-7-20-8-6-9)12(14(26)16(27)21-18-22-19(30)24-23-18)15-10-3-1-2-4-11(10)17(28)29-15/h1-8,12,15H,(H3,21,22,23,24,27,30)/t12-,15+/m1/s1. The van der Waals surface area contributed by atoms with E-state index in [4.69, 9.17) is 17.0 Å². The van der Waals surface area contributed by atoms with Crippen LogP contribution in [-0.4, -0.2) is 43.6 Å². The van der Waals surface area contributed by atoms with Crippen LogP contribution < -0.4 is 5.32 Å². The highest BCUT2D eigenvalue weighted by atomic mass is 32.1. The van der Waals surface area contributed by atoms with E-state index in [9.17, 15) is 19.2 Å². The van der Waals surface area contributed by atoms with Crippen LogP contribution >= 0.6 is 12.2 Å². The second-order valence-corrected chi connectivity index (χ2v) is 6.71. The lowest BCUT2D eigenvalue weighted by Crippen LogP contribution is -2.38. The molecule has 11 heteroatoms. The van der Waals surface area contributed by atoms with Crippen LogP contribution in [0.3, 0.4) is 0 Å². The zero-order valence-corrected chi connectivity index (χ0v) is 15.9. The van der Waals surface area contributed by atoms with Crippen LogP contribution in [0.5, 0.6) is 0 Å². The third-order valence-electron chi connectivity index (χ3n) is 4.51. The molecule has 1 aromatic carbocycles. The topological polar surface area (TPSA) is 147 Å². The number of hydrogen-bond acceptors (Lipinski definition) is 8. The van der Waals surface area contributed by atoms with E-state index in [0.717, 1.165) is 0 Å². The highest BCUT2D eigenvalue weighted by molar-refractivity contribution is 7.71. The van der Waals surface area contributed by atoms with Crippen molar-refractivity contribution in [2.24, 2.45) is 5.92 Å². The summed E-state index contributed by atoms with van der Waals surface area (Å²) in [5, 5.41) is 7.20. The molecule has 0 fully saturated rings. The van der Waals surface area contributed by atoms with Crippen molar-refractivity contribution in [3.63, 3.8) is 0 Å². The molecule has 30 heavy (non-hydrogen) atoms. The number of pyridine rings is 1. The molecule has 4 rings (SSSR count). The average Bonchev–Trinajstić information content (AvgIpc) is 3.32. The SMILES string of the molecule is O=C(Nc1nc(=S)[nH][nH]1)C(=O)[C@@H](C(=O)c1ccncc1)[C@H]1OC(=O)c2ccccc21. The van der Waals surface area contributed by atoms with Gasteiger partial charge in [0.2, 0.25) is 16.5 Å². The van der Waals surface area contributed by atoms with Crippen molar-refractivity contribution in [1.82, 2.24) is 20.2 Å². The molecule has 0 radical (unpaired) electrons.